The number of ether oxygens (including phenoxy) is 1. The molecule has 7 rings (SSSR count). The van der Waals surface area contributed by atoms with E-state index in [0.717, 1.165) is 66.7 Å². The summed E-state index contributed by atoms with van der Waals surface area (Å²) in [6, 6.07) is 18.0. The van der Waals surface area contributed by atoms with Crippen LogP contribution in [0, 0.1) is 0 Å². The summed E-state index contributed by atoms with van der Waals surface area (Å²) >= 11 is 25.9. The zero-order valence-electron chi connectivity index (χ0n) is 26.1. The SMILES string of the molecule is C[C@H](O)c1cc(Cl)c(O[C@@H]2CCN(c3ccc(C4=C(C(=O)N(Cc5cccc(Cl)c5Cl)C5CC5)[C@H]5CNC[C@@H](C4)N5)cc3)C2)c(Cl)c1. The average Bonchev–Trinajstić information content (AvgIpc) is 3.79. The number of hydrogen-bond donors (Lipinski definition) is 3. The van der Waals surface area contributed by atoms with Crippen molar-refractivity contribution in [3.05, 3.63) is 97.0 Å². The van der Waals surface area contributed by atoms with E-state index in [4.69, 9.17) is 51.1 Å². The van der Waals surface area contributed by atoms with Crippen molar-refractivity contribution in [3.8, 4) is 5.75 Å². The molecular weight excluding hydrogens is 678 g/mol. The monoisotopic (exact) mass is 714 g/mol. The Morgan fingerprint density at radius 3 is 2.47 bits per heavy atom. The number of nitrogens with zero attached hydrogens (tertiary/aromatic N) is 2. The summed E-state index contributed by atoms with van der Waals surface area (Å²) in [5.41, 5.74) is 5.66. The van der Waals surface area contributed by atoms with Crippen LogP contribution in [0.25, 0.3) is 5.57 Å². The maximum absolute atomic E-state index is 14.5. The summed E-state index contributed by atoms with van der Waals surface area (Å²) in [6.45, 7) is 5.21. The van der Waals surface area contributed by atoms with Crippen molar-refractivity contribution in [2.24, 2.45) is 0 Å². The number of hydrogen-bond acceptors (Lipinski definition) is 6. The Hall–Kier alpha value is -2.49. The first-order chi connectivity index (χ1) is 22.7. The maximum Gasteiger partial charge on any atom is 0.252 e. The molecular formula is C36H38Cl4N4O3. The van der Waals surface area contributed by atoms with Gasteiger partial charge in [0.15, 0.2) is 5.75 Å². The van der Waals surface area contributed by atoms with Crippen LogP contribution in [-0.2, 0) is 11.3 Å². The number of aliphatic hydroxyl groups excluding tert-OH is 1. The first-order valence-electron chi connectivity index (χ1n) is 16.3. The normalized spacial score (nSPS) is 23.2. The van der Waals surface area contributed by atoms with Gasteiger partial charge in [-0.15, -0.1) is 0 Å². The van der Waals surface area contributed by atoms with E-state index in [1.807, 2.05) is 17.0 Å². The fraction of sp³-hybridized carbons (Fsp3) is 0.417. The molecule has 248 valence electrons. The van der Waals surface area contributed by atoms with Gasteiger partial charge in [-0.2, -0.15) is 0 Å². The number of amides is 1. The van der Waals surface area contributed by atoms with Gasteiger partial charge in [0, 0.05) is 55.9 Å². The summed E-state index contributed by atoms with van der Waals surface area (Å²) in [6.07, 6.45) is 2.84. The second-order valence-corrected chi connectivity index (χ2v) is 14.7. The minimum atomic E-state index is -0.666. The maximum atomic E-state index is 14.5. The molecule has 2 bridgehead atoms. The lowest BCUT2D eigenvalue weighted by molar-refractivity contribution is -0.128. The smallest absolute Gasteiger partial charge is 0.252 e. The molecule has 4 aliphatic rings. The molecule has 1 amide bonds. The van der Waals surface area contributed by atoms with Crippen molar-refractivity contribution < 1.29 is 14.6 Å². The highest BCUT2D eigenvalue weighted by Gasteiger charge is 2.41. The van der Waals surface area contributed by atoms with Crippen LogP contribution in [-0.4, -0.2) is 66.3 Å². The number of carbonyl (C=O) groups excluding carboxylic acids is 1. The lowest BCUT2D eigenvalue weighted by atomic mass is 9.83. The van der Waals surface area contributed by atoms with Crippen molar-refractivity contribution in [1.82, 2.24) is 15.5 Å². The second kappa shape index (κ2) is 13.8. The third kappa shape index (κ3) is 7.00. The number of halogens is 4. The van der Waals surface area contributed by atoms with E-state index >= 15 is 0 Å². The molecule has 3 aromatic carbocycles. The minimum Gasteiger partial charge on any atom is -0.485 e. The van der Waals surface area contributed by atoms with Crippen LogP contribution in [0.5, 0.6) is 5.75 Å². The van der Waals surface area contributed by atoms with Crippen LogP contribution in [0.15, 0.2) is 60.2 Å². The third-order valence-corrected chi connectivity index (χ3v) is 11.1. The zero-order chi connectivity index (χ0) is 32.8. The van der Waals surface area contributed by atoms with E-state index in [1.54, 1.807) is 25.1 Å². The van der Waals surface area contributed by atoms with E-state index in [0.29, 0.717) is 51.0 Å². The highest BCUT2D eigenvalue weighted by molar-refractivity contribution is 6.42. The molecule has 7 nitrogen and oxygen atoms in total. The molecule has 1 aliphatic carbocycles. The van der Waals surface area contributed by atoms with Crippen LogP contribution < -0.4 is 20.3 Å². The molecule has 0 aromatic heterocycles. The van der Waals surface area contributed by atoms with Crippen molar-refractivity contribution >= 4 is 63.6 Å². The number of carbonyl (C=O) groups is 1. The van der Waals surface area contributed by atoms with E-state index in [2.05, 4.69) is 39.8 Å². The van der Waals surface area contributed by atoms with E-state index in [1.165, 1.54) is 0 Å². The van der Waals surface area contributed by atoms with Gasteiger partial charge in [-0.05, 0) is 78.8 Å². The summed E-state index contributed by atoms with van der Waals surface area (Å²) in [7, 11) is 0. The van der Waals surface area contributed by atoms with Gasteiger partial charge in [0.25, 0.3) is 5.91 Å². The zero-order valence-corrected chi connectivity index (χ0v) is 29.1. The molecule has 3 aliphatic heterocycles. The molecule has 11 heteroatoms. The predicted molar refractivity (Wildman–Crippen MR) is 190 cm³/mol. The quantitative estimate of drug-likeness (QED) is 0.216. The Balaban J connectivity index is 1.11. The third-order valence-electron chi connectivity index (χ3n) is 9.66. The largest absolute Gasteiger partial charge is 0.485 e. The van der Waals surface area contributed by atoms with Gasteiger partial charge in [-0.3, -0.25) is 4.79 Å². The average molecular weight is 717 g/mol. The number of fused-ring (bicyclic) bond motifs is 2. The Morgan fingerprint density at radius 2 is 1.77 bits per heavy atom. The predicted octanol–water partition coefficient (Wildman–Crippen LogP) is 7.29. The van der Waals surface area contributed by atoms with Gasteiger partial charge in [-0.25, -0.2) is 0 Å². The number of benzene rings is 3. The Kier molecular flexibility index (Phi) is 9.69. The van der Waals surface area contributed by atoms with E-state index in [-0.39, 0.29) is 30.1 Å². The number of nitrogens with one attached hydrogen (secondary N) is 2. The van der Waals surface area contributed by atoms with Crippen LogP contribution in [0.3, 0.4) is 0 Å². The van der Waals surface area contributed by atoms with Crippen LogP contribution in [0.4, 0.5) is 5.69 Å². The molecule has 0 unspecified atom stereocenters. The standard InChI is InChI=1S/C36H38Cl4N4O3/c1-20(45)23-13-30(38)35(31(39)14-23)47-27-11-12-43(19-27)25-7-5-21(6-8-25)28-15-24-16-41-17-32(42-24)33(28)36(46)44(26-9-10-26)18-22-3-2-4-29(37)34(22)40/h2-8,13-14,20,24,26-27,32,41-42,45H,9-12,15-19H2,1H3/t20-,24+,27+,32+/m0/s1. The second-order valence-electron chi connectivity index (χ2n) is 13.1. The summed E-state index contributed by atoms with van der Waals surface area (Å²) in [4.78, 5) is 18.8. The summed E-state index contributed by atoms with van der Waals surface area (Å²) in [5, 5.41) is 18.9. The van der Waals surface area contributed by atoms with Crippen molar-refractivity contribution in [2.75, 3.05) is 31.1 Å². The Bertz CT molecular complexity index is 1670. The van der Waals surface area contributed by atoms with Crippen LogP contribution in [0.1, 0.15) is 55.4 Å². The first-order valence-corrected chi connectivity index (χ1v) is 17.8. The van der Waals surface area contributed by atoms with Crippen molar-refractivity contribution in [3.63, 3.8) is 0 Å². The fourth-order valence-electron chi connectivity index (χ4n) is 7.03. The molecule has 0 spiro atoms. The molecule has 0 radical (unpaired) electrons. The molecule has 47 heavy (non-hydrogen) atoms. The fourth-order valence-corrected chi connectivity index (χ4v) is 8.01. The number of anilines is 1. The van der Waals surface area contributed by atoms with Crippen molar-refractivity contribution in [1.29, 1.82) is 0 Å². The molecule has 3 fully saturated rings. The lowest BCUT2D eigenvalue weighted by Crippen LogP contribution is -2.60. The lowest BCUT2D eigenvalue weighted by Gasteiger charge is -2.41. The van der Waals surface area contributed by atoms with Crippen LogP contribution in [0.2, 0.25) is 20.1 Å². The molecule has 1 saturated carbocycles. The Labute approximate surface area is 295 Å². The molecule has 3 N–H and O–H groups in total. The number of aliphatic hydroxyl groups is 1. The molecule has 2 saturated heterocycles. The number of piperazine rings is 1. The highest BCUT2D eigenvalue weighted by Crippen LogP contribution is 2.40. The molecule has 4 atom stereocenters. The minimum absolute atomic E-state index is 0.0643. The van der Waals surface area contributed by atoms with E-state index < -0.39 is 6.10 Å². The van der Waals surface area contributed by atoms with Gasteiger partial charge in [0.1, 0.15) is 6.10 Å². The van der Waals surface area contributed by atoms with Gasteiger partial charge < -0.3 is 30.3 Å². The molecule has 3 heterocycles. The summed E-state index contributed by atoms with van der Waals surface area (Å²) < 4.78 is 6.26. The molecule has 3 aromatic rings. The van der Waals surface area contributed by atoms with E-state index in [9.17, 15) is 9.90 Å². The topological polar surface area (TPSA) is 77.1 Å². The summed E-state index contributed by atoms with van der Waals surface area (Å²) in [5.74, 6) is 0.522. The highest BCUT2D eigenvalue weighted by atomic mass is 35.5. The van der Waals surface area contributed by atoms with Gasteiger partial charge in [-0.1, -0.05) is 70.7 Å². The van der Waals surface area contributed by atoms with Gasteiger partial charge in [0.05, 0.1) is 38.8 Å². The first kappa shape index (κ1) is 33.0. The van der Waals surface area contributed by atoms with Gasteiger partial charge >= 0.3 is 0 Å². The number of rotatable bonds is 9. The van der Waals surface area contributed by atoms with Crippen LogP contribution >= 0.6 is 46.4 Å². The van der Waals surface area contributed by atoms with Gasteiger partial charge in [0.2, 0.25) is 0 Å². The Morgan fingerprint density at radius 1 is 1.02 bits per heavy atom. The van der Waals surface area contributed by atoms with Crippen molar-refractivity contribution in [2.45, 2.75) is 69.5 Å².